The van der Waals surface area contributed by atoms with Crippen LogP contribution in [0, 0.1) is 12.7 Å². The normalized spacial score (nSPS) is 10.5. The number of benzene rings is 2. The summed E-state index contributed by atoms with van der Waals surface area (Å²) in [6.45, 7) is 2.00. The van der Waals surface area contributed by atoms with Gasteiger partial charge in [0.2, 0.25) is 0 Å². The zero-order valence-corrected chi connectivity index (χ0v) is 12.1. The Morgan fingerprint density at radius 1 is 1.05 bits per heavy atom. The maximum atomic E-state index is 12.9. The predicted octanol–water partition coefficient (Wildman–Crippen LogP) is 4.18. The SMILES string of the molecule is Cc1ccc(C(=O)Nc2ccc(F)cc2)cc1-n1cccc1. The highest BCUT2D eigenvalue weighted by atomic mass is 19.1. The van der Waals surface area contributed by atoms with E-state index < -0.39 is 0 Å². The average molecular weight is 294 g/mol. The number of nitrogens with zero attached hydrogens (tertiary/aromatic N) is 1. The van der Waals surface area contributed by atoms with Crippen LogP contribution < -0.4 is 5.32 Å². The summed E-state index contributed by atoms with van der Waals surface area (Å²) in [6.07, 6.45) is 3.87. The molecule has 2 aromatic carbocycles. The summed E-state index contributed by atoms with van der Waals surface area (Å²) >= 11 is 0. The van der Waals surface area contributed by atoms with Crippen LogP contribution >= 0.6 is 0 Å². The van der Waals surface area contributed by atoms with E-state index in [9.17, 15) is 9.18 Å². The van der Waals surface area contributed by atoms with Gasteiger partial charge in [-0.1, -0.05) is 6.07 Å². The van der Waals surface area contributed by atoms with Crippen molar-refractivity contribution >= 4 is 11.6 Å². The number of hydrogen-bond acceptors (Lipinski definition) is 1. The van der Waals surface area contributed by atoms with E-state index in [1.165, 1.54) is 24.3 Å². The van der Waals surface area contributed by atoms with Crippen molar-refractivity contribution < 1.29 is 9.18 Å². The van der Waals surface area contributed by atoms with Gasteiger partial charge in [-0.25, -0.2) is 4.39 Å². The van der Waals surface area contributed by atoms with Crippen molar-refractivity contribution in [1.82, 2.24) is 4.57 Å². The van der Waals surface area contributed by atoms with Crippen LogP contribution in [0.3, 0.4) is 0 Å². The number of aromatic nitrogens is 1. The van der Waals surface area contributed by atoms with Crippen molar-refractivity contribution in [2.24, 2.45) is 0 Å². The van der Waals surface area contributed by atoms with E-state index >= 15 is 0 Å². The van der Waals surface area contributed by atoms with E-state index in [1.807, 2.05) is 48.1 Å². The van der Waals surface area contributed by atoms with Crippen molar-refractivity contribution in [2.45, 2.75) is 6.92 Å². The number of carbonyl (C=O) groups excluding carboxylic acids is 1. The van der Waals surface area contributed by atoms with Gasteiger partial charge in [-0.2, -0.15) is 0 Å². The molecule has 0 aliphatic rings. The Hall–Kier alpha value is -2.88. The van der Waals surface area contributed by atoms with Gasteiger partial charge in [0.05, 0.1) is 0 Å². The number of hydrogen-bond donors (Lipinski definition) is 1. The second kappa shape index (κ2) is 5.85. The van der Waals surface area contributed by atoms with Crippen LogP contribution in [0.5, 0.6) is 0 Å². The van der Waals surface area contributed by atoms with E-state index in [1.54, 1.807) is 6.07 Å². The molecule has 1 heterocycles. The molecular weight excluding hydrogens is 279 g/mol. The van der Waals surface area contributed by atoms with E-state index in [2.05, 4.69) is 5.32 Å². The topological polar surface area (TPSA) is 34.0 Å². The number of amides is 1. The molecule has 1 aromatic heterocycles. The van der Waals surface area contributed by atoms with Gasteiger partial charge < -0.3 is 9.88 Å². The smallest absolute Gasteiger partial charge is 0.255 e. The highest BCUT2D eigenvalue weighted by Crippen LogP contribution is 2.18. The van der Waals surface area contributed by atoms with E-state index in [0.717, 1.165) is 11.3 Å². The molecule has 0 radical (unpaired) electrons. The fraction of sp³-hybridized carbons (Fsp3) is 0.0556. The second-order valence-electron chi connectivity index (χ2n) is 5.05. The van der Waals surface area contributed by atoms with Crippen molar-refractivity contribution in [3.05, 3.63) is 83.9 Å². The van der Waals surface area contributed by atoms with Gasteiger partial charge in [0.15, 0.2) is 0 Å². The zero-order chi connectivity index (χ0) is 15.5. The zero-order valence-electron chi connectivity index (χ0n) is 12.1. The molecular formula is C18H15FN2O. The Balaban J connectivity index is 1.87. The Kier molecular flexibility index (Phi) is 3.74. The summed E-state index contributed by atoms with van der Waals surface area (Å²) < 4.78 is 14.8. The molecule has 0 aliphatic carbocycles. The summed E-state index contributed by atoms with van der Waals surface area (Å²) in [6, 6.07) is 15.1. The van der Waals surface area contributed by atoms with Gasteiger partial charge in [0.25, 0.3) is 5.91 Å². The van der Waals surface area contributed by atoms with Gasteiger partial charge in [0.1, 0.15) is 5.82 Å². The van der Waals surface area contributed by atoms with E-state index in [-0.39, 0.29) is 11.7 Å². The minimum Gasteiger partial charge on any atom is -0.324 e. The molecule has 0 bridgehead atoms. The molecule has 1 amide bonds. The largest absolute Gasteiger partial charge is 0.324 e. The molecule has 0 saturated heterocycles. The van der Waals surface area contributed by atoms with E-state index in [4.69, 9.17) is 0 Å². The van der Waals surface area contributed by atoms with Gasteiger partial charge in [-0.15, -0.1) is 0 Å². The minimum absolute atomic E-state index is 0.222. The van der Waals surface area contributed by atoms with Crippen LogP contribution in [0.2, 0.25) is 0 Å². The Bertz CT molecular complexity index is 792. The Labute approximate surface area is 128 Å². The van der Waals surface area contributed by atoms with Crippen LogP contribution in [-0.4, -0.2) is 10.5 Å². The molecule has 0 fully saturated rings. The number of nitrogens with one attached hydrogen (secondary N) is 1. The molecule has 3 aromatic rings. The lowest BCUT2D eigenvalue weighted by molar-refractivity contribution is 0.102. The summed E-state index contributed by atoms with van der Waals surface area (Å²) in [5.74, 6) is -0.553. The summed E-state index contributed by atoms with van der Waals surface area (Å²) in [7, 11) is 0. The van der Waals surface area contributed by atoms with Gasteiger partial charge in [0, 0.05) is 29.3 Å². The average Bonchev–Trinajstić information content (AvgIpc) is 3.04. The maximum absolute atomic E-state index is 12.9. The van der Waals surface area contributed by atoms with Gasteiger partial charge >= 0.3 is 0 Å². The fourth-order valence-electron chi connectivity index (χ4n) is 2.26. The molecule has 0 unspecified atom stereocenters. The molecule has 0 atom stereocenters. The van der Waals surface area contributed by atoms with Gasteiger partial charge in [-0.3, -0.25) is 4.79 Å². The molecule has 0 aliphatic heterocycles. The first-order chi connectivity index (χ1) is 10.6. The molecule has 110 valence electrons. The molecule has 1 N–H and O–H groups in total. The molecule has 0 spiro atoms. The molecule has 0 saturated carbocycles. The number of aryl methyl sites for hydroxylation is 1. The quantitative estimate of drug-likeness (QED) is 0.772. The highest BCUT2D eigenvalue weighted by Gasteiger charge is 2.09. The summed E-state index contributed by atoms with van der Waals surface area (Å²) in [5, 5.41) is 2.76. The number of anilines is 1. The van der Waals surface area contributed by atoms with Gasteiger partial charge in [-0.05, 0) is 61.0 Å². The Morgan fingerprint density at radius 2 is 1.73 bits per heavy atom. The molecule has 22 heavy (non-hydrogen) atoms. The standard InChI is InChI=1S/C18H15FN2O/c1-13-4-5-14(12-17(13)21-10-2-3-11-21)18(22)20-16-8-6-15(19)7-9-16/h2-12H,1H3,(H,20,22). The number of rotatable bonds is 3. The van der Waals surface area contributed by atoms with Crippen molar-refractivity contribution in [1.29, 1.82) is 0 Å². The lowest BCUT2D eigenvalue weighted by Crippen LogP contribution is -2.12. The van der Waals surface area contributed by atoms with Crippen molar-refractivity contribution in [3.8, 4) is 5.69 Å². The first-order valence-electron chi connectivity index (χ1n) is 6.94. The van der Waals surface area contributed by atoms with Crippen LogP contribution in [0.4, 0.5) is 10.1 Å². The Morgan fingerprint density at radius 3 is 2.41 bits per heavy atom. The minimum atomic E-state index is -0.330. The monoisotopic (exact) mass is 294 g/mol. The van der Waals surface area contributed by atoms with Crippen LogP contribution in [0.1, 0.15) is 15.9 Å². The first kappa shape index (κ1) is 14.1. The first-order valence-corrected chi connectivity index (χ1v) is 6.94. The van der Waals surface area contributed by atoms with E-state index in [0.29, 0.717) is 11.3 Å². The van der Waals surface area contributed by atoms with Crippen LogP contribution in [-0.2, 0) is 0 Å². The molecule has 3 rings (SSSR count). The third kappa shape index (κ3) is 2.91. The number of halogens is 1. The predicted molar refractivity (Wildman–Crippen MR) is 84.9 cm³/mol. The fourth-order valence-corrected chi connectivity index (χ4v) is 2.26. The van der Waals surface area contributed by atoms with Crippen molar-refractivity contribution in [3.63, 3.8) is 0 Å². The van der Waals surface area contributed by atoms with Crippen LogP contribution in [0.25, 0.3) is 5.69 Å². The lowest BCUT2D eigenvalue weighted by Gasteiger charge is -2.10. The number of carbonyl (C=O) groups is 1. The highest BCUT2D eigenvalue weighted by molar-refractivity contribution is 6.04. The third-order valence-corrected chi connectivity index (χ3v) is 3.46. The van der Waals surface area contributed by atoms with Crippen molar-refractivity contribution in [2.75, 3.05) is 5.32 Å². The second-order valence-corrected chi connectivity index (χ2v) is 5.05. The summed E-state index contributed by atoms with van der Waals surface area (Å²) in [5.41, 5.74) is 3.15. The third-order valence-electron chi connectivity index (χ3n) is 3.46. The molecule has 4 heteroatoms. The maximum Gasteiger partial charge on any atom is 0.255 e. The lowest BCUT2D eigenvalue weighted by atomic mass is 10.1. The summed E-state index contributed by atoms with van der Waals surface area (Å²) in [4.78, 5) is 12.3. The van der Waals surface area contributed by atoms with Crippen LogP contribution in [0.15, 0.2) is 67.0 Å². The molecule has 3 nitrogen and oxygen atoms in total.